The fourth-order valence-electron chi connectivity index (χ4n) is 1.33. The average Bonchev–Trinajstić information content (AvgIpc) is 2.32. The van der Waals surface area contributed by atoms with Crippen molar-refractivity contribution in [2.24, 2.45) is 0 Å². The molecule has 2 aromatic rings. The number of aromatic hydroxyl groups is 1. The summed E-state index contributed by atoms with van der Waals surface area (Å²) in [4.78, 5) is 0.548. The van der Waals surface area contributed by atoms with E-state index in [0.29, 0.717) is 17.3 Å². The second-order valence-corrected chi connectivity index (χ2v) is 3.91. The minimum atomic E-state index is 0.133. The van der Waals surface area contributed by atoms with Crippen LogP contribution in [0.15, 0.2) is 53.4 Å². The van der Waals surface area contributed by atoms with Gasteiger partial charge in [0.15, 0.2) is 0 Å². The molecule has 0 saturated heterocycles. The molecule has 0 aliphatic carbocycles. The van der Waals surface area contributed by atoms with Gasteiger partial charge in [0, 0.05) is 11.0 Å². The van der Waals surface area contributed by atoms with Crippen molar-refractivity contribution in [3.8, 4) is 11.5 Å². The zero-order valence-electron chi connectivity index (χ0n) is 8.63. The van der Waals surface area contributed by atoms with Gasteiger partial charge in [0.2, 0.25) is 0 Å². The Labute approximate surface area is 99.9 Å². The van der Waals surface area contributed by atoms with Gasteiger partial charge in [-0.05, 0) is 17.7 Å². The molecular weight excluding hydrogens is 220 g/mol. The van der Waals surface area contributed by atoms with E-state index in [4.69, 9.17) is 4.74 Å². The Morgan fingerprint density at radius 3 is 2.50 bits per heavy atom. The summed E-state index contributed by atoms with van der Waals surface area (Å²) in [6, 6.07) is 14.9. The van der Waals surface area contributed by atoms with Crippen LogP contribution in [-0.4, -0.2) is 5.11 Å². The highest BCUT2D eigenvalue weighted by atomic mass is 32.1. The van der Waals surface area contributed by atoms with Gasteiger partial charge in [0.1, 0.15) is 18.1 Å². The highest BCUT2D eigenvalue weighted by Gasteiger charge is 2.00. The molecule has 1 N–H and O–H groups in total. The number of phenols is 1. The topological polar surface area (TPSA) is 29.5 Å². The molecule has 0 heterocycles. The highest BCUT2D eigenvalue weighted by Crippen LogP contribution is 2.26. The van der Waals surface area contributed by atoms with E-state index in [1.807, 2.05) is 30.3 Å². The van der Waals surface area contributed by atoms with Crippen LogP contribution in [0, 0.1) is 0 Å². The first-order chi connectivity index (χ1) is 7.75. The molecule has 0 unspecified atom stereocenters. The number of phenolic OH excluding ortho intramolecular Hbond substituents is 1. The predicted octanol–water partition coefficient (Wildman–Crippen LogP) is 3.26. The van der Waals surface area contributed by atoms with E-state index in [-0.39, 0.29) is 5.75 Å². The van der Waals surface area contributed by atoms with Gasteiger partial charge in [-0.15, -0.1) is 12.6 Å². The SMILES string of the molecule is Oc1cc(OCc2ccccc2)ccc1S. The molecule has 2 rings (SSSR count). The Balaban J connectivity index is 2.03. The van der Waals surface area contributed by atoms with Crippen LogP contribution in [0.4, 0.5) is 0 Å². The number of hydrogen-bond acceptors (Lipinski definition) is 3. The lowest BCUT2D eigenvalue weighted by molar-refractivity contribution is 0.304. The monoisotopic (exact) mass is 232 g/mol. The van der Waals surface area contributed by atoms with Gasteiger partial charge in [-0.1, -0.05) is 30.3 Å². The van der Waals surface area contributed by atoms with Crippen LogP contribution in [0.25, 0.3) is 0 Å². The zero-order chi connectivity index (χ0) is 11.4. The molecule has 2 aromatic carbocycles. The van der Waals surface area contributed by atoms with Gasteiger partial charge in [0.25, 0.3) is 0 Å². The average molecular weight is 232 g/mol. The molecule has 0 radical (unpaired) electrons. The van der Waals surface area contributed by atoms with Crippen molar-refractivity contribution in [1.82, 2.24) is 0 Å². The number of thiol groups is 1. The fourth-order valence-corrected chi connectivity index (χ4v) is 1.47. The summed E-state index contributed by atoms with van der Waals surface area (Å²) in [5.41, 5.74) is 1.09. The second kappa shape index (κ2) is 4.94. The van der Waals surface area contributed by atoms with E-state index in [1.165, 1.54) is 0 Å². The third-order valence-electron chi connectivity index (χ3n) is 2.20. The van der Waals surface area contributed by atoms with Crippen LogP contribution in [-0.2, 0) is 6.61 Å². The quantitative estimate of drug-likeness (QED) is 0.795. The van der Waals surface area contributed by atoms with E-state index >= 15 is 0 Å². The smallest absolute Gasteiger partial charge is 0.132 e. The van der Waals surface area contributed by atoms with E-state index in [0.717, 1.165) is 5.56 Å². The first kappa shape index (κ1) is 10.9. The Bertz CT molecular complexity index is 469. The molecule has 0 aliphatic rings. The summed E-state index contributed by atoms with van der Waals surface area (Å²) >= 11 is 4.08. The van der Waals surface area contributed by atoms with Crippen molar-refractivity contribution in [1.29, 1.82) is 0 Å². The van der Waals surface area contributed by atoms with E-state index in [9.17, 15) is 5.11 Å². The lowest BCUT2D eigenvalue weighted by atomic mass is 10.2. The summed E-state index contributed by atoms with van der Waals surface area (Å²) in [7, 11) is 0. The maximum Gasteiger partial charge on any atom is 0.132 e. The van der Waals surface area contributed by atoms with Crippen molar-refractivity contribution in [2.45, 2.75) is 11.5 Å². The van der Waals surface area contributed by atoms with Gasteiger partial charge < -0.3 is 9.84 Å². The normalized spacial score (nSPS) is 10.1. The van der Waals surface area contributed by atoms with Gasteiger partial charge in [0.05, 0.1) is 0 Å². The summed E-state index contributed by atoms with van der Waals surface area (Å²) in [6.07, 6.45) is 0. The molecule has 16 heavy (non-hydrogen) atoms. The van der Waals surface area contributed by atoms with Crippen LogP contribution in [0.3, 0.4) is 0 Å². The summed E-state index contributed by atoms with van der Waals surface area (Å²) in [6.45, 7) is 0.492. The summed E-state index contributed by atoms with van der Waals surface area (Å²) in [5.74, 6) is 0.771. The van der Waals surface area contributed by atoms with Crippen LogP contribution in [0.1, 0.15) is 5.56 Å². The molecule has 0 aliphatic heterocycles. The number of benzene rings is 2. The third-order valence-corrected chi connectivity index (χ3v) is 2.57. The molecule has 82 valence electrons. The van der Waals surface area contributed by atoms with Gasteiger partial charge >= 0.3 is 0 Å². The lowest BCUT2D eigenvalue weighted by Gasteiger charge is -2.07. The Kier molecular flexibility index (Phi) is 3.37. The maximum atomic E-state index is 9.44. The lowest BCUT2D eigenvalue weighted by Crippen LogP contribution is -1.94. The molecule has 0 atom stereocenters. The van der Waals surface area contributed by atoms with Gasteiger partial charge in [-0.2, -0.15) is 0 Å². The first-order valence-electron chi connectivity index (χ1n) is 4.94. The minimum absolute atomic E-state index is 0.133. The molecule has 0 saturated carbocycles. The van der Waals surface area contributed by atoms with Crippen molar-refractivity contribution in [3.05, 3.63) is 54.1 Å². The van der Waals surface area contributed by atoms with Crippen molar-refractivity contribution >= 4 is 12.6 Å². The number of ether oxygens (including phenoxy) is 1. The summed E-state index contributed by atoms with van der Waals surface area (Å²) in [5, 5.41) is 9.44. The zero-order valence-corrected chi connectivity index (χ0v) is 9.52. The van der Waals surface area contributed by atoms with E-state index < -0.39 is 0 Å². The van der Waals surface area contributed by atoms with Crippen LogP contribution in [0.5, 0.6) is 11.5 Å². The van der Waals surface area contributed by atoms with Gasteiger partial charge in [-0.25, -0.2) is 0 Å². The van der Waals surface area contributed by atoms with Crippen molar-refractivity contribution in [2.75, 3.05) is 0 Å². The minimum Gasteiger partial charge on any atom is -0.507 e. The Hall–Kier alpha value is -1.61. The van der Waals surface area contributed by atoms with E-state index in [2.05, 4.69) is 12.6 Å². The third kappa shape index (κ3) is 2.70. The molecule has 0 aromatic heterocycles. The second-order valence-electron chi connectivity index (χ2n) is 3.42. The molecule has 0 amide bonds. The maximum absolute atomic E-state index is 9.44. The highest BCUT2D eigenvalue weighted by molar-refractivity contribution is 7.80. The number of hydrogen-bond donors (Lipinski definition) is 2. The van der Waals surface area contributed by atoms with Crippen LogP contribution in [0.2, 0.25) is 0 Å². The standard InChI is InChI=1S/C13H12O2S/c14-12-8-11(6-7-13(12)16)15-9-10-4-2-1-3-5-10/h1-8,14,16H,9H2. The Morgan fingerprint density at radius 1 is 1.06 bits per heavy atom. The first-order valence-corrected chi connectivity index (χ1v) is 5.39. The van der Waals surface area contributed by atoms with E-state index in [1.54, 1.807) is 18.2 Å². The molecular formula is C13H12O2S. The van der Waals surface area contributed by atoms with Crippen LogP contribution >= 0.6 is 12.6 Å². The molecule has 0 fully saturated rings. The van der Waals surface area contributed by atoms with Crippen LogP contribution < -0.4 is 4.74 Å². The molecule has 2 nitrogen and oxygen atoms in total. The molecule has 0 bridgehead atoms. The molecule has 0 spiro atoms. The fraction of sp³-hybridized carbons (Fsp3) is 0.0769. The Morgan fingerprint density at radius 2 is 1.81 bits per heavy atom. The number of rotatable bonds is 3. The largest absolute Gasteiger partial charge is 0.507 e. The van der Waals surface area contributed by atoms with Gasteiger partial charge in [-0.3, -0.25) is 0 Å². The van der Waals surface area contributed by atoms with Crippen molar-refractivity contribution in [3.63, 3.8) is 0 Å². The predicted molar refractivity (Wildman–Crippen MR) is 66.1 cm³/mol. The van der Waals surface area contributed by atoms with Crippen molar-refractivity contribution < 1.29 is 9.84 Å². The summed E-state index contributed by atoms with van der Waals surface area (Å²) < 4.78 is 5.53. The molecule has 3 heteroatoms.